The number of amides is 2. The van der Waals surface area contributed by atoms with E-state index in [-0.39, 0.29) is 24.7 Å². The Bertz CT molecular complexity index is 1190. The number of rotatable bonds is 8. The molecule has 2 amide bonds. The summed E-state index contributed by atoms with van der Waals surface area (Å²) in [7, 11) is 1.64. The SMILES string of the molecule is COCCc1nc(-c2ccc3c(c2)N(CC(=O)Nc2ccc([N+](=O)[O-])cc2)C(=O)CO3)cs1. The predicted octanol–water partition coefficient (Wildman–Crippen LogP) is 3.27. The number of nitro groups is 1. The fraction of sp³-hybridized carbons (Fsp3) is 0.227. The minimum Gasteiger partial charge on any atom is -0.482 e. The number of hydrogen-bond donors (Lipinski definition) is 1. The van der Waals surface area contributed by atoms with Crippen molar-refractivity contribution in [2.24, 2.45) is 0 Å². The number of anilines is 2. The fourth-order valence-corrected chi connectivity index (χ4v) is 4.08. The fourth-order valence-electron chi connectivity index (χ4n) is 3.29. The number of nitrogens with zero attached hydrogens (tertiary/aromatic N) is 3. The lowest BCUT2D eigenvalue weighted by atomic mass is 10.1. The highest BCUT2D eigenvalue weighted by atomic mass is 32.1. The number of non-ortho nitro benzene ring substituents is 1. The largest absolute Gasteiger partial charge is 0.482 e. The van der Waals surface area contributed by atoms with Gasteiger partial charge in [-0.15, -0.1) is 11.3 Å². The Balaban J connectivity index is 1.52. The van der Waals surface area contributed by atoms with Crippen molar-refractivity contribution in [1.82, 2.24) is 4.98 Å². The molecule has 0 aliphatic carbocycles. The molecule has 11 heteroatoms. The van der Waals surface area contributed by atoms with Crippen LogP contribution in [0.5, 0.6) is 5.75 Å². The number of nitrogens with one attached hydrogen (secondary N) is 1. The Morgan fingerprint density at radius 3 is 2.82 bits per heavy atom. The Kier molecular flexibility index (Phi) is 6.61. The van der Waals surface area contributed by atoms with Crippen molar-refractivity contribution in [2.75, 3.05) is 37.1 Å². The summed E-state index contributed by atoms with van der Waals surface area (Å²) in [6.07, 6.45) is 0.711. The number of ether oxygens (including phenoxy) is 2. The summed E-state index contributed by atoms with van der Waals surface area (Å²) >= 11 is 1.53. The van der Waals surface area contributed by atoms with Gasteiger partial charge >= 0.3 is 0 Å². The number of benzene rings is 2. The van der Waals surface area contributed by atoms with Crippen molar-refractivity contribution in [3.05, 3.63) is 63.0 Å². The molecule has 0 spiro atoms. The Morgan fingerprint density at radius 2 is 2.09 bits per heavy atom. The lowest BCUT2D eigenvalue weighted by Gasteiger charge is -2.29. The van der Waals surface area contributed by atoms with Crippen molar-refractivity contribution in [2.45, 2.75) is 6.42 Å². The van der Waals surface area contributed by atoms with Gasteiger partial charge in [0.25, 0.3) is 11.6 Å². The van der Waals surface area contributed by atoms with Gasteiger partial charge in [0.1, 0.15) is 12.3 Å². The number of methoxy groups -OCH3 is 1. The third-order valence-corrected chi connectivity index (χ3v) is 5.84. The first-order valence-electron chi connectivity index (χ1n) is 10.00. The molecule has 4 rings (SSSR count). The van der Waals surface area contributed by atoms with Gasteiger partial charge in [-0.05, 0) is 30.3 Å². The van der Waals surface area contributed by atoms with Crippen molar-refractivity contribution >= 4 is 40.2 Å². The zero-order chi connectivity index (χ0) is 23.4. The molecule has 0 saturated carbocycles. The van der Waals surface area contributed by atoms with E-state index in [1.54, 1.807) is 19.2 Å². The van der Waals surface area contributed by atoms with E-state index in [1.165, 1.54) is 40.5 Å². The zero-order valence-corrected chi connectivity index (χ0v) is 18.5. The van der Waals surface area contributed by atoms with Crippen molar-refractivity contribution in [1.29, 1.82) is 0 Å². The van der Waals surface area contributed by atoms with E-state index in [9.17, 15) is 19.7 Å². The van der Waals surface area contributed by atoms with Crippen LogP contribution in [-0.4, -0.2) is 48.6 Å². The molecule has 1 aliphatic heterocycles. The summed E-state index contributed by atoms with van der Waals surface area (Å²) in [5.74, 6) is -0.292. The molecule has 10 nitrogen and oxygen atoms in total. The first-order chi connectivity index (χ1) is 15.9. The normalized spacial score (nSPS) is 12.8. The topological polar surface area (TPSA) is 124 Å². The summed E-state index contributed by atoms with van der Waals surface area (Å²) in [5.41, 5.74) is 2.36. The number of hydrogen-bond acceptors (Lipinski definition) is 8. The second kappa shape index (κ2) is 9.76. The minimum atomic E-state index is -0.518. The van der Waals surface area contributed by atoms with Crippen molar-refractivity contribution in [3.8, 4) is 17.0 Å². The molecule has 0 atom stereocenters. The van der Waals surface area contributed by atoms with Crippen LogP contribution in [0.4, 0.5) is 17.1 Å². The summed E-state index contributed by atoms with van der Waals surface area (Å²) in [5, 5.41) is 16.3. The summed E-state index contributed by atoms with van der Waals surface area (Å²) in [6.45, 7) is 0.179. The summed E-state index contributed by atoms with van der Waals surface area (Å²) in [4.78, 5) is 41.4. The van der Waals surface area contributed by atoms with E-state index in [1.807, 2.05) is 11.4 Å². The third kappa shape index (κ3) is 5.16. The van der Waals surface area contributed by atoms with E-state index < -0.39 is 10.8 Å². The lowest BCUT2D eigenvalue weighted by molar-refractivity contribution is -0.384. The van der Waals surface area contributed by atoms with Gasteiger partial charge in [0, 0.05) is 42.3 Å². The maximum absolute atomic E-state index is 12.6. The highest BCUT2D eigenvalue weighted by Gasteiger charge is 2.28. The van der Waals surface area contributed by atoms with Gasteiger partial charge in [0.2, 0.25) is 5.91 Å². The van der Waals surface area contributed by atoms with Crippen LogP contribution in [0, 0.1) is 10.1 Å². The number of fused-ring (bicyclic) bond motifs is 1. The number of carbonyl (C=O) groups is 2. The van der Waals surface area contributed by atoms with Crippen LogP contribution in [0.25, 0.3) is 11.3 Å². The standard InChI is InChI=1S/C22H20N4O6S/c1-31-9-8-21-24-17(13-33-21)14-2-7-19-18(10-14)25(22(28)12-32-19)11-20(27)23-15-3-5-16(6-4-15)26(29)30/h2-7,10,13H,8-9,11-12H2,1H3,(H,23,27). The second-order valence-electron chi connectivity index (χ2n) is 7.17. The first-order valence-corrected chi connectivity index (χ1v) is 10.9. The van der Waals surface area contributed by atoms with Crippen LogP contribution in [0.15, 0.2) is 47.8 Å². The van der Waals surface area contributed by atoms with E-state index >= 15 is 0 Å². The van der Waals surface area contributed by atoms with E-state index in [2.05, 4.69) is 10.3 Å². The zero-order valence-electron chi connectivity index (χ0n) is 17.6. The molecular weight excluding hydrogens is 448 g/mol. The van der Waals surface area contributed by atoms with Gasteiger partial charge in [-0.1, -0.05) is 0 Å². The van der Waals surface area contributed by atoms with Gasteiger partial charge in [-0.25, -0.2) is 4.98 Å². The molecule has 0 bridgehead atoms. The molecule has 0 fully saturated rings. The molecule has 2 heterocycles. The highest BCUT2D eigenvalue weighted by molar-refractivity contribution is 7.09. The molecule has 2 aromatic carbocycles. The maximum Gasteiger partial charge on any atom is 0.269 e. The Labute approximate surface area is 192 Å². The predicted molar refractivity (Wildman–Crippen MR) is 123 cm³/mol. The van der Waals surface area contributed by atoms with Crippen LogP contribution < -0.4 is 15.0 Å². The molecule has 0 unspecified atom stereocenters. The van der Waals surface area contributed by atoms with Gasteiger partial charge < -0.3 is 14.8 Å². The second-order valence-corrected chi connectivity index (χ2v) is 8.12. The number of nitro benzene ring substituents is 1. The van der Waals surface area contributed by atoms with Crippen LogP contribution >= 0.6 is 11.3 Å². The summed E-state index contributed by atoms with van der Waals surface area (Å²) in [6, 6.07) is 10.9. The van der Waals surface area contributed by atoms with Crippen molar-refractivity contribution in [3.63, 3.8) is 0 Å². The smallest absolute Gasteiger partial charge is 0.269 e. The minimum absolute atomic E-state index is 0.0785. The molecular formula is C22H20N4O6S. The Hall–Kier alpha value is -3.83. The highest BCUT2D eigenvalue weighted by Crippen LogP contribution is 2.36. The van der Waals surface area contributed by atoms with Gasteiger partial charge in [-0.3, -0.25) is 24.6 Å². The first kappa shape index (κ1) is 22.4. The molecule has 170 valence electrons. The van der Waals surface area contributed by atoms with Gasteiger partial charge in [-0.2, -0.15) is 0 Å². The van der Waals surface area contributed by atoms with Crippen LogP contribution in [-0.2, 0) is 20.7 Å². The van der Waals surface area contributed by atoms with Gasteiger partial charge in [0.15, 0.2) is 6.61 Å². The molecule has 3 aromatic rings. The number of thiazole rings is 1. The average molecular weight is 468 g/mol. The third-order valence-electron chi connectivity index (χ3n) is 4.93. The average Bonchev–Trinajstić information content (AvgIpc) is 3.28. The van der Waals surface area contributed by atoms with Crippen LogP contribution in [0.3, 0.4) is 0 Å². The molecule has 1 N–H and O–H groups in total. The van der Waals surface area contributed by atoms with E-state index in [4.69, 9.17) is 9.47 Å². The van der Waals surface area contributed by atoms with Crippen LogP contribution in [0.1, 0.15) is 5.01 Å². The van der Waals surface area contributed by atoms with E-state index in [0.717, 1.165) is 16.3 Å². The lowest BCUT2D eigenvalue weighted by Crippen LogP contribution is -2.43. The maximum atomic E-state index is 12.6. The quantitative estimate of drug-likeness (QED) is 0.397. The molecule has 33 heavy (non-hydrogen) atoms. The van der Waals surface area contributed by atoms with Gasteiger partial charge in [0.05, 0.1) is 27.9 Å². The molecule has 1 aromatic heterocycles. The summed E-state index contributed by atoms with van der Waals surface area (Å²) < 4.78 is 10.6. The number of carbonyl (C=O) groups excluding carboxylic acids is 2. The number of aromatic nitrogens is 1. The monoisotopic (exact) mass is 468 g/mol. The van der Waals surface area contributed by atoms with Crippen molar-refractivity contribution < 1.29 is 24.0 Å². The van der Waals surface area contributed by atoms with Crippen LogP contribution in [0.2, 0.25) is 0 Å². The van der Waals surface area contributed by atoms with E-state index in [0.29, 0.717) is 30.2 Å². The molecule has 1 aliphatic rings. The molecule has 0 radical (unpaired) electrons. The molecule has 0 saturated heterocycles. The Morgan fingerprint density at radius 1 is 1.30 bits per heavy atom.